The molecule has 0 aliphatic carbocycles. The van der Waals surface area contributed by atoms with E-state index in [0.717, 1.165) is 6.42 Å². The normalized spacial score (nSPS) is 10.3. The molecule has 0 radical (unpaired) electrons. The van der Waals surface area contributed by atoms with Crippen LogP contribution in [0, 0.1) is 0 Å². The second-order valence-electron chi connectivity index (χ2n) is 3.14. The average Bonchev–Trinajstić information content (AvgIpc) is 2.66. The van der Waals surface area contributed by atoms with Crippen LogP contribution in [0.15, 0.2) is 12.4 Å². The van der Waals surface area contributed by atoms with Gasteiger partial charge in [0.25, 0.3) is 0 Å². The largest absolute Gasteiger partial charge is 0.322 e. The molecule has 3 N–H and O–H groups in total. The quantitative estimate of drug-likeness (QED) is 0.678. The Labute approximate surface area is 87.4 Å². The first-order chi connectivity index (χ1) is 7.26. The van der Waals surface area contributed by atoms with E-state index < -0.39 is 0 Å². The molecular formula is C9H15FN4O. The number of nitrogens with zero attached hydrogens (tertiary/aromatic N) is 2. The van der Waals surface area contributed by atoms with E-state index in [0.29, 0.717) is 18.7 Å². The summed E-state index contributed by atoms with van der Waals surface area (Å²) >= 11 is 0. The molecule has 0 aromatic carbocycles. The number of hydrogen-bond acceptors (Lipinski definition) is 3. The molecule has 6 heteroatoms. The predicted octanol–water partition coefficient (Wildman–Crippen LogP) is 0.530. The van der Waals surface area contributed by atoms with Gasteiger partial charge in [-0.15, -0.1) is 0 Å². The van der Waals surface area contributed by atoms with E-state index in [1.807, 2.05) is 0 Å². The van der Waals surface area contributed by atoms with Crippen LogP contribution in [0.5, 0.6) is 0 Å². The van der Waals surface area contributed by atoms with Crippen LogP contribution in [-0.4, -0.2) is 28.9 Å². The number of hydrogen-bond donors (Lipinski definition) is 2. The highest BCUT2D eigenvalue weighted by Gasteiger charge is 2.01. The molecule has 0 aliphatic rings. The van der Waals surface area contributed by atoms with Gasteiger partial charge in [-0.1, -0.05) is 0 Å². The van der Waals surface area contributed by atoms with Crippen molar-refractivity contribution < 1.29 is 9.18 Å². The lowest BCUT2D eigenvalue weighted by Crippen LogP contribution is -2.21. The van der Waals surface area contributed by atoms with Gasteiger partial charge in [-0.3, -0.25) is 13.9 Å². The van der Waals surface area contributed by atoms with E-state index in [1.165, 1.54) is 0 Å². The molecule has 0 unspecified atom stereocenters. The average molecular weight is 214 g/mol. The zero-order chi connectivity index (χ0) is 11.1. The minimum atomic E-state index is -0.308. The Balaban J connectivity index is 2.38. The first-order valence-electron chi connectivity index (χ1n) is 4.84. The number of carbonyl (C=O) groups excluding carboxylic acids is 1. The van der Waals surface area contributed by atoms with Gasteiger partial charge in [-0.25, -0.2) is 0 Å². The number of carbonyl (C=O) groups is 1. The summed E-state index contributed by atoms with van der Waals surface area (Å²) in [7, 11) is 0. The number of amides is 1. The number of alkyl halides is 1. The van der Waals surface area contributed by atoms with Crippen molar-refractivity contribution in [1.29, 1.82) is 0 Å². The van der Waals surface area contributed by atoms with E-state index in [-0.39, 0.29) is 19.1 Å². The molecule has 0 fully saturated rings. The maximum absolute atomic E-state index is 11.8. The Kier molecular flexibility index (Phi) is 4.76. The van der Waals surface area contributed by atoms with Gasteiger partial charge in [0, 0.05) is 12.7 Å². The van der Waals surface area contributed by atoms with Crippen molar-refractivity contribution in [3.8, 4) is 0 Å². The molecule has 1 amide bonds. The summed E-state index contributed by atoms with van der Waals surface area (Å²) in [4.78, 5) is 10.9. The van der Waals surface area contributed by atoms with Crippen LogP contribution in [-0.2, 0) is 11.3 Å². The summed E-state index contributed by atoms with van der Waals surface area (Å²) in [5.74, 6) is -0.252. The fourth-order valence-corrected chi connectivity index (χ4v) is 1.13. The predicted molar refractivity (Wildman–Crippen MR) is 55.1 cm³/mol. The number of unbranched alkanes of at least 4 members (excludes halogenated alkanes) is 1. The monoisotopic (exact) mass is 214 g/mol. The highest BCUT2D eigenvalue weighted by Crippen LogP contribution is 2.05. The lowest BCUT2D eigenvalue weighted by atomic mass is 10.3. The minimum absolute atomic E-state index is 0.0486. The third kappa shape index (κ3) is 4.07. The van der Waals surface area contributed by atoms with Crippen molar-refractivity contribution in [1.82, 2.24) is 9.78 Å². The van der Waals surface area contributed by atoms with Gasteiger partial charge in [-0.05, 0) is 12.8 Å². The Morgan fingerprint density at radius 2 is 2.40 bits per heavy atom. The van der Waals surface area contributed by atoms with E-state index in [2.05, 4.69) is 10.4 Å². The minimum Gasteiger partial charge on any atom is -0.322 e. The molecule has 1 aromatic rings. The smallest absolute Gasteiger partial charge is 0.238 e. The molecule has 5 nitrogen and oxygen atoms in total. The lowest BCUT2D eigenvalue weighted by molar-refractivity contribution is -0.114. The summed E-state index contributed by atoms with van der Waals surface area (Å²) < 4.78 is 13.5. The molecule has 0 saturated heterocycles. The number of nitrogens with two attached hydrogens (primary N) is 1. The third-order valence-electron chi connectivity index (χ3n) is 1.87. The zero-order valence-corrected chi connectivity index (χ0v) is 8.45. The SMILES string of the molecule is NCC(=O)Nc1cnn(CCCCF)c1. The van der Waals surface area contributed by atoms with Gasteiger partial charge in [0.2, 0.25) is 5.91 Å². The van der Waals surface area contributed by atoms with Crippen molar-refractivity contribution >= 4 is 11.6 Å². The third-order valence-corrected chi connectivity index (χ3v) is 1.87. The fraction of sp³-hybridized carbons (Fsp3) is 0.556. The molecule has 0 bridgehead atoms. The van der Waals surface area contributed by atoms with Crippen LogP contribution in [0.3, 0.4) is 0 Å². The van der Waals surface area contributed by atoms with Gasteiger partial charge < -0.3 is 11.1 Å². The Morgan fingerprint density at radius 3 is 3.07 bits per heavy atom. The number of anilines is 1. The Bertz CT molecular complexity index is 313. The summed E-state index contributed by atoms with van der Waals surface area (Å²) in [6.45, 7) is 0.299. The van der Waals surface area contributed by atoms with E-state index in [9.17, 15) is 9.18 Å². The van der Waals surface area contributed by atoms with Crippen LogP contribution >= 0.6 is 0 Å². The van der Waals surface area contributed by atoms with Crippen LogP contribution in [0.2, 0.25) is 0 Å². The lowest BCUT2D eigenvalue weighted by Gasteiger charge is -1.99. The van der Waals surface area contributed by atoms with E-state index in [1.54, 1.807) is 17.1 Å². The maximum atomic E-state index is 11.8. The van der Waals surface area contributed by atoms with Gasteiger partial charge >= 0.3 is 0 Å². The Morgan fingerprint density at radius 1 is 1.60 bits per heavy atom. The van der Waals surface area contributed by atoms with Crippen molar-refractivity contribution in [2.45, 2.75) is 19.4 Å². The molecule has 84 valence electrons. The van der Waals surface area contributed by atoms with Crippen LogP contribution in [0.25, 0.3) is 0 Å². The second-order valence-corrected chi connectivity index (χ2v) is 3.14. The summed E-state index contributed by atoms with van der Waals surface area (Å²) in [5.41, 5.74) is 5.76. The number of aryl methyl sites for hydroxylation is 1. The molecule has 1 heterocycles. The Hall–Kier alpha value is -1.43. The highest BCUT2D eigenvalue weighted by molar-refractivity contribution is 5.91. The van der Waals surface area contributed by atoms with Crippen molar-refractivity contribution in [2.24, 2.45) is 5.73 Å². The van der Waals surface area contributed by atoms with Crippen LogP contribution < -0.4 is 11.1 Å². The van der Waals surface area contributed by atoms with Crippen LogP contribution in [0.1, 0.15) is 12.8 Å². The molecule has 0 saturated carbocycles. The summed E-state index contributed by atoms with van der Waals surface area (Å²) in [6, 6.07) is 0. The second kappa shape index (κ2) is 6.13. The number of halogens is 1. The molecule has 0 spiro atoms. The van der Waals surface area contributed by atoms with Crippen molar-refractivity contribution in [2.75, 3.05) is 18.5 Å². The maximum Gasteiger partial charge on any atom is 0.238 e. The van der Waals surface area contributed by atoms with Gasteiger partial charge in [0.1, 0.15) is 0 Å². The summed E-state index contributed by atoms with van der Waals surface area (Å²) in [6.07, 6.45) is 4.52. The van der Waals surface area contributed by atoms with E-state index in [4.69, 9.17) is 5.73 Å². The van der Waals surface area contributed by atoms with E-state index >= 15 is 0 Å². The van der Waals surface area contributed by atoms with Gasteiger partial charge in [0.05, 0.1) is 25.1 Å². The first-order valence-corrected chi connectivity index (χ1v) is 4.84. The first kappa shape index (κ1) is 11.6. The number of nitrogens with one attached hydrogen (secondary N) is 1. The topological polar surface area (TPSA) is 72.9 Å². The summed E-state index contributed by atoms with van der Waals surface area (Å²) in [5, 5.41) is 6.60. The number of aromatic nitrogens is 2. The fourth-order valence-electron chi connectivity index (χ4n) is 1.13. The molecule has 15 heavy (non-hydrogen) atoms. The van der Waals surface area contributed by atoms with Crippen LogP contribution in [0.4, 0.5) is 10.1 Å². The standard InChI is InChI=1S/C9H15FN4O/c10-3-1-2-4-14-7-8(6-12-14)13-9(15)5-11/h6-7H,1-5,11H2,(H,13,15). The molecule has 0 aliphatic heterocycles. The molecular weight excluding hydrogens is 199 g/mol. The van der Waals surface area contributed by atoms with Gasteiger partial charge in [-0.2, -0.15) is 5.10 Å². The zero-order valence-electron chi connectivity index (χ0n) is 8.45. The van der Waals surface area contributed by atoms with Crippen molar-refractivity contribution in [3.05, 3.63) is 12.4 Å². The molecule has 0 atom stereocenters. The van der Waals surface area contributed by atoms with Gasteiger partial charge in [0.15, 0.2) is 0 Å². The highest BCUT2D eigenvalue weighted by atomic mass is 19.1. The van der Waals surface area contributed by atoms with Crippen molar-refractivity contribution in [3.63, 3.8) is 0 Å². The number of rotatable bonds is 6. The molecule has 1 aromatic heterocycles. The molecule has 1 rings (SSSR count).